The number of alkyl halides is 1. The number of rotatable bonds is 4. The van der Waals surface area contributed by atoms with Gasteiger partial charge in [-0.1, -0.05) is 28.9 Å². The van der Waals surface area contributed by atoms with Crippen molar-refractivity contribution in [2.45, 2.75) is 18.2 Å². The third-order valence-electron chi connectivity index (χ3n) is 2.84. The summed E-state index contributed by atoms with van der Waals surface area (Å²) in [6.07, 6.45) is 2.46. The predicted octanol–water partition coefficient (Wildman–Crippen LogP) is 4.47. The molecule has 1 atom stereocenters. The predicted molar refractivity (Wildman–Crippen MR) is 71.8 cm³/mol. The van der Waals surface area contributed by atoms with E-state index in [1.807, 2.05) is 19.1 Å². The average Bonchev–Trinajstić information content (AvgIpc) is 2.86. The SMILES string of the molecule is CCc1occc1C(Br)c1ccc(OC)c(F)c1. The highest BCUT2D eigenvalue weighted by Crippen LogP contribution is 2.35. The molecule has 0 bridgehead atoms. The molecular formula is C14H14BrFO2. The van der Waals surface area contributed by atoms with Gasteiger partial charge in [-0.2, -0.15) is 0 Å². The van der Waals surface area contributed by atoms with Crippen molar-refractivity contribution in [2.24, 2.45) is 0 Å². The van der Waals surface area contributed by atoms with Crippen LogP contribution in [-0.4, -0.2) is 7.11 Å². The van der Waals surface area contributed by atoms with Crippen LogP contribution in [0.25, 0.3) is 0 Å². The zero-order chi connectivity index (χ0) is 13.1. The normalized spacial score (nSPS) is 12.4. The first kappa shape index (κ1) is 13.1. The molecule has 0 aliphatic heterocycles. The Labute approximate surface area is 114 Å². The molecule has 0 aliphatic rings. The van der Waals surface area contributed by atoms with Gasteiger partial charge in [0.2, 0.25) is 0 Å². The Morgan fingerprint density at radius 2 is 2.17 bits per heavy atom. The lowest BCUT2D eigenvalue weighted by molar-refractivity contribution is 0.386. The second-order valence-corrected chi connectivity index (χ2v) is 4.82. The Morgan fingerprint density at radius 3 is 2.78 bits per heavy atom. The second-order valence-electron chi connectivity index (χ2n) is 3.91. The minimum absolute atomic E-state index is 0.0772. The molecular weight excluding hydrogens is 299 g/mol. The van der Waals surface area contributed by atoms with Crippen LogP contribution in [-0.2, 0) is 6.42 Å². The molecule has 2 nitrogen and oxygen atoms in total. The summed E-state index contributed by atoms with van der Waals surface area (Å²) in [4.78, 5) is -0.0772. The Hall–Kier alpha value is -1.29. The lowest BCUT2D eigenvalue weighted by Crippen LogP contribution is -1.97. The molecule has 18 heavy (non-hydrogen) atoms. The van der Waals surface area contributed by atoms with Gasteiger partial charge in [-0.3, -0.25) is 0 Å². The van der Waals surface area contributed by atoms with Gasteiger partial charge in [0, 0.05) is 12.0 Å². The summed E-state index contributed by atoms with van der Waals surface area (Å²) in [6, 6.07) is 6.85. The van der Waals surface area contributed by atoms with Crippen LogP contribution in [0.4, 0.5) is 4.39 Å². The van der Waals surface area contributed by atoms with Crippen LogP contribution in [0.15, 0.2) is 34.9 Å². The van der Waals surface area contributed by atoms with E-state index in [4.69, 9.17) is 9.15 Å². The van der Waals surface area contributed by atoms with Crippen molar-refractivity contribution >= 4 is 15.9 Å². The smallest absolute Gasteiger partial charge is 0.165 e. The first-order valence-corrected chi connectivity index (χ1v) is 6.62. The van der Waals surface area contributed by atoms with Gasteiger partial charge in [0.15, 0.2) is 11.6 Å². The van der Waals surface area contributed by atoms with Crippen molar-refractivity contribution in [1.29, 1.82) is 0 Å². The molecule has 1 heterocycles. The maximum atomic E-state index is 13.7. The van der Waals surface area contributed by atoms with Crippen molar-refractivity contribution in [3.05, 3.63) is 53.2 Å². The minimum atomic E-state index is -0.360. The van der Waals surface area contributed by atoms with E-state index in [0.29, 0.717) is 0 Å². The minimum Gasteiger partial charge on any atom is -0.494 e. The highest BCUT2D eigenvalue weighted by Gasteiger charge is 2.17. The van der Waals surface area contributed by atoms with Gasteiger partial charge in [0.25, 0.3) is 0 Å². The molecule has 1 unspecified atom stereocenters. The van der Waals surface area contributed by atoms with Gasteiger partial charge in [0.05, 0.1) is 18.2 Å². The summed E-state index contributed by atoms with van der Waals surface area (Å²) >= 11 is 3.58. The summed E-state index contributed by atoms with van der Waals surface area (Å²) in [5.74, 6) is 0.801. The standard InChI is InChI=1S/C14H14BrFO2/c1-3-12-10(6-7-18-12)14(15)9-4-5-13(17-2)11(16)8-9/h4-8,14H,3H2,1-2H3. The van der Waals surface area contributed by atoms with Crippen molar-refractivity contribution in [3.8, 4) is 5.75 Å². The highest BCUT2D eigenvalue weighted by molar-refractivity contribution is 9.09. The van der Waals surface area contributed by atoms with Gasteiger partial charge >= 0.3 is 0 Å². The number of furan rings is 1. The molecule has 2 rings (SSSR count). The van der Waals surface area contributed by atoms with Gasteiger partial charge in [-0.25, -0.2) is 4.39 Å². The topological polar surface area (TPSA) is 22.4 Å². The second kappa shape index (κ2) is 5.57. The fourth-order valence-electron chi connectivity index (χ4n) is 1.88. The molecule has 0 N–H and O–H groups in total. The van der Waals surface area contributed by atoms with E-state index in [0.717, 1.165) is 23.3 Å². The number of ether oxygens (including phenoxy) is 1. The van der Waals surface area contributed by atoms with Crippen molar-refractivity contribution in [3.63, 3.8) is 0 Å². The van der Waals surface area contributed by atoms with E-state index in [-0.39, 0.29) is 16.4 Å². The molecule has 2 aromatic rings. The third-order valence-corrected chi connectivity index (χ3v) is 3.86. The molecule has 0 saturated heterocycles. The quantitative estimate of drug-likeness (QED) is 0.777. The molecule has 96 valence electrons. The molecule has 1 aromatic heterocycles. The Bertz CT molecular complexity index is 536. The number of hydrogen-bond donors (Lipinski definition) is 0. The van der Waals surface area contributed by atoms with E-state index in [2.05, 4.69) is 15.9 Å². The molecule has 0 spiro atoms. The fourth-order valence-corrected chi connectivity index (χ4v) is 2.58. The van der Waals surface area contributed by atoms with E-state index < -0.39 is 0 Å². The fraction of sp³-hybridized carbons (Fsp3) is 0.286. The molecule has 0 amide bonds. The first-order valence-electron chi connectivity index (χ1n) is 5.71. The molecule has 0 fully saturated rings. The summed E-state index contributed by atoms with van der Waals surface area (Å²) in [5.41, 5.74) is 1.87. The number of aryl methyl sites for hydroxylation is 1. The van der Waals surface area contributed by atoms with Gasteiger partial charge < -0.3 is 9.15 Å². The zero-order valence-corrected chi connectivity index (χ0v) is 11.8. The van der Waals surface area contributed by atoms with E-state index in [1.165, 1.54) is 13.2 Å². The maximum absolute atomic E-state index is 13.7. The lowest BCUT2D eigenvalue weighted by atomic mass is 10.0. The Kier molecular flexibility index (Phi) is 4.07. The van der Waals surface area contributed by atoms with Gasteiger partial charge in [-0.15, -0.1) is 0 Å². The van der Waals surface area contributed by atoms with Crippen LogP contribution >= 0.6 is 15.9 Å². The zero-order valence-electron chi connectivity index (χ0n) is 10.2. The monoisotopic (exact) mass is 312 g/mol. The van der Waals surface area contributed by atoms with Crippen LogP contribution in [0.3, 0.4) is 0 Å². The summed E-state index contributed by atoms with van der Waals surface area (Å²) in [5, 5.41) is 0. The number of benzene rings is 1. The molecule has 0 saturated carbocycles. The van der Waals surface area contributed by atoms with Gasteiger partial charge in [0.1, 0.15) is 5.76 Å². The van der Waals surface area contributed by atoms with Crippen LogP contribution in [0, 0.1) is 5.82 Å². The van der Waals surface area contributed by atoms with E-state index >= 15 is 0 Å². The van der Waals surface area contributed by atoms with Crippen LogP contribution < -0.4 is 4.74 Å². The van der Waals surface area contributed by atoms with Crippen LogP contribution in [0.5, 0.6) is 5.75 Å². The van der Waals surface area contributed by atoms with E-state index in [1.54, 1.807) is 12.3 Å². The maximum Gasteiger partial charge on any atom is 0.165 e. The van der Waals surface area contributed by atoms with Crippen LogP contribution in [0.1, 0.15) is 28.6 Å². The summed E-state index contributed by atoms with van der Waals surface area (Å²) in [6.45, 7) is 2.02. The summed E-state index contributed by atoms with van der Waals surface area (Å²) < 4.78 is 24.0. The first-order chi connectivity index (χ1) is 8.67. The molecule has 1 aromatic carbocycles. The Morgan fingerprint density at radius 1 is 1.39 bits per heavy atom. The molecule has 0 aliphatic carbocycles. The largest absolute Gasteiger partial charge is 0.494 e. The number of hydrogen-bond acceptors (Lipinski definition) is 2. The van der Waals surface area contributed by atoms with Crippen LogP contribution in [0.2, 0.25) is 0 Å². The number of halogens is 2. The molecule has 0 radical (unpaired) electrons. The van der Waals surface area contributed by atoms with Gasteiger partial charge in [-0.05, 0) is 23.8 Å². The summed E-state index contributed by atoms with van der Waals surface area (Å²) in [7, 11) is 1.45. The lowest BCUT2D eigenvalue weighted by Gasteiger charge is -2.11. The molecule has 4 heteroatoms. The highest BCUT2D eigenvalue weighted by atomic mass is 79.9. The van der Waals surface area contributed by atoms with Crippen molar-refractivity contribution in [2.75, 3.05) is 7.11 Å². The average molecular weight is 313 g/mol. The van der Waals surface area contributed by atoms with E-state index in [9.17, 15) is 4.39 Å². The Balaban J connectivity index is 2.34. The number of methoxy groups -OCH3 is 1. The third kappa shape index (κ3) is 2.43. The van der Waals surface area contributed by atoms with Crippen molar-refractivity contribution < 1.29 is 13.5 Å². The van der Waals surface area contributed by atoms with Crippen molar-refractivity contribution in [1.82, 2.24) is 0 Å².